The van der Waals surface area contributed by atoms with E-state index in [1.165, 1.54) is 72.8 Å². The fraction of sp³-hybridized carbons (Fsp3) is 0. The number of ketones is 1. The van der Waals surface area contributed by atoms with Crippen LogP contribution < -0.4 is 4.74 Å². The van der Waals surface area contributed by atoms with E-state index in [1.807, 2.05) is 0 Å². The molecule has 0 unspecified atom stereocenters. The summed E-state index contributed by atoms with van der Waals surface area (Å²) in [5.74, 6) is -1.50. The van der Waals surface area contributed by atoms with Gasteiger partial charge in [0.2, 0.25) is 0 Å². The molecule has 134 valence electrons. The van der Waals surface area contributed by atoms with Crippen molar-refractivity contribution in [3.8, 4) is 5.75 Å². The van der Waals surface area contributed by atoms with Gasteiger partial charge in [-0.05, 0) is 54.6 Å². The monoisotopic (exact) mass is 365 g/mol. The molecule has 27 heavy (non-hydrogen) atoms. The van der Waals surface area contributed by atoms with E-state index in [2.05, 4.69) is 0 Å². The summed E-state index contributed by atoms with van der Waals surface area (Å²) in [4.78, 5) is 34.8. The first kappa shape index (κ1) is 17.9. The van der Waals surface area contributed by atoms with Crippen molar-refractivity contribution >= 4 is 17.4 Å². The number of hydrogen-bond donors (Lipinski definition) is 0. The molecular weight excluding hydrogens is 353 g/mol. The lowest BCUT2D eigenvalue weighted by atomic mass is 10.0. The second kappa shape index (κ2) is 7.57. The maximum Gasteiger partial charge on any atom is 0.350 e. The molecule has 0 atom stereocenters. The summed E-state index contributed by atoms with van der Waals surface area (Å²) in [5.41, 5.74) is 0.118. The highest BCUT2D eigenvalue weighted by atomic mass is 19.1. The van der Waals surface area contributed by atoms with E-state index in [1.54, 1.807) is 0 Å². The Labute approximate surface area is 153 Å². The minimum absolute atomic E-state index is 0.133. The third kappa shape index (κ3) is 4.04. The third-order valence-electron chi connectivity index (χ3n) is 3.75. The van der Waals surface area contributed by atoms with Crippen LogP contribution in [0.25, 0.3) is 0 Å². The molecule has 0 radical (unpaired) electrons. The van der Waals surface area contributed by atoms with E-state index in [-0.39, 0.29) is 22.8 Å². The Morgan fingerprint density at radius 3 is 2.00 bits per heavy atom. The van der Waals surface area contributed by atoms with Gasteiger partial charge in [0.25, 0.3) is 5.69 Å². The van der Waals surface area contributed by atoms with E-state index < -0.39 is 16.7 Å². The van der Waals surface area contributed by atoms with Crippen LogP contribution in [0.4, 0.5) is 10.1 Å². The number of nitrogens with zero attached hydrogens (tertiary/aromatic N) is 1. The van der Waals surface area contributed by atoms with Crippen LogP contribution in [0.5, 0.6) is 5.75 Å². The van der Waals surface area contributed by atoms with Crippen molar-refractivity contribution in [1.82, 2.24) is 0 Å². The van der Waals surface area contributed by atoms with Gasteiger partial charge in [0.1, 0.15) is 17.1 Å². The van der Waals surface area contributed by atoms with Crippen LogP contribution in [0.15, 0.2) is 72.8 Å². The predicted octanol–water partition coefficient (Wildman–Crippen LogP) is 4.18. The Balaban J connectivity index is 1.76. The fourth-order valence-corrected chi connectivity index (χ4v) is 2.41. The molecule has 0 fully saturated rings. The van der Waals surface area contributed by atoms with Crippen LogP contribution in [0.1, 0.15) is 26.3 Å². The van der Waals surface area contributed by atoms with Crippen molar-refractivity contribution in [3.05, 3.63) is 105 Å². The van der Waals surface area contributed by atoms with Crippen molar-refractivity contribution in [1.29, 1.82) is 0 Å². The van der Waals surface area contributed by atoms with E-state index in [0.29, 0.717) is 11.1 Å². The Kier molecular flexibility index (Phi) is 5.03. The Morgan fingerprint density at radius 2 is 1.41 bits per heavy atom. The molecule has 3 aromatic carbocycles. The number of esters is 1. The van der Waals surface area contributed by atoms with Crippen molar-refractivity contribution in [3.63, 3.8) is 0 Å². The molecule has 3 aromatic rings. The summed E-state index contributed by atoms with van der Waals surface area (Å²) >= 11 is 0. The molecule has 0 aromatic heterocycles. The Bertz CT molecular complexity index is 1010. The van der Waals surface area contributed by atoms with Gasteiger partial charge in [0.15, 0.2) is 5.78 Å². The summed E-state index contributed by atoms with van der Waals surface area (Å²) in [6.07, 6.45) is 0. The summed E-state index contributed by atoms with van der Waals surface area (Å²) < 4.78 is 18.1. The zero-order chi connectivity index (χ0) is 19.4. The van der Waals surface area contributed by atoms with Crippen LogP contribution in [0.3, 0.4) is 0 Å². The SMILES string of the molecule is O=C(c1ccc(F)cc1)c1ccc(OC(=O)c2ccccc2[N+](=O)[O-])cc1. The lowest BCUT2D eigenvalue weighted by Crippen LogP contribution is -2.11. The number of benzene rings is 3. The second-order valence-electron chi connectivity index (χ2n) is 5.52. The van der Waals surface area contributed by atoms with E-state index in [4.69, 9.17) is 4.74 Å². The number of hydrogen-bond acceptors (Lipinski definition) is 5. The number of carbonyl (C=O) groups is 2. The normalized spacial score (nSPS) is 10.3. The van der Waals surface area contributed by atoms with Gasteiger partial charge in [0.05, 0.1) is 4.92 Å². The summed E-state index contributed by atoms with van der Waals surface area (Å²) in [6, 6.07) is 16.3. The standard InChI is InChI=1S/C20H12FNO5/c21-15-9-5-13(6-10-15)19(23)14-7-11-16(12-8-14)27-20(24)17-3-1-2-4-18(17)22(25)26/h1-12H. The molecule has 0 saturated carbocycles. The van der Waals surface area contributed by atoms with Crippen LogP contribution in [-0.4, -0.2) is 16.7 Å². The minimum Gasteiger partial charge on any atom is -0.423 e. The van der Waals surface area contributed by atoms with Gasteiger partial charge >= 0.3 is 5.97 Å². The average molecular weight is 365 g/mol. The molecule has 0 aliphatic heterocycles. The van der Waals surface area contributed by atoms with E-state index >= 15 is 0 Å². The molecule has 6 nitrogen and oxygen atoms in total. The number of nitro benzene ring substituents is 1. The largest absolute Gasteiger partial charge is 0.423 e. The number of rotatable bonds is 5. The van der Waals surface area contributed by atoms with Crippen LogP contribution in [0.2, 0.25) is 0 Å². The van der Waals surface area contributed by atoms with Gasteiger partial charge < -0.3 is 4.74 Å². The third-order valence-corrected chi connectivity index (χ3v) is 3.75. The fourth-order valence-electron chi connectivity index (χ4n) is 2.41. The molecule has 0 N–H and O–H groups in total. The zero-order valence-corrected chi connectivity index (χ0v) is 13.8. The Morgan fingerprint density at radius 1 is 0.852 bits per heavy atom. The summed E-state index contributed by atoms with van der Waals surface area (Å²) in [5, 5.41) is 11.0. The quantitative estimate of drug-likeness (QED) is 0.222. The number of halogens is 1. The van der Waals surface area contributed by atoms with Crippen molar-refractivity contribution in [2.45, 2.75) is 0 Å². The zero-order valence-electron chi connectivity index (χ0n) is 13.8. The molecule has 0 spiro atoms. The lowest BCUT2D eigenvalue weighted by molar-refractivity contribution is -0.385. The molecular formula is C20H12FNO5. The van der Waals surface area contributed by atoms with Crippen molar-refractivity contribution in [2.75, 3.05) is 0 Å². The van der Waals surface area contributed by atoms with Gasteiger partial charge in [-0.25, -0.2) is 9.18 Å². The number of para-hydroxylation sites is 1. The van der Waals surface area contributed by atoms with Gasteiger partial charge in [-0.3, -0.25) is 14.9 Å². The summed E-state index contributed by atoms with van der Waals surface area (Å²) in [6.45, 7) is 0. The molecule has 0 amide bonds. The lowest BCUT2D eigenvalue weighted by Gasteiger charge is -2.06. The van der Waals surface area contributed by atoms with Crippen molar-refractivity contribution in [2.24, 2.45) is 0 Å². The topological polar surface area (TPSA) is 86.5 Å². The van der Waals surface area contributed by atoms with E-state index in [9.17, 15) is 24.1 Å². The highest BCUT2D eigenvalue weighted by Gasteiger charge is 2.21. The predicted molar refractivity (Wildman–Crippen MR) is 94.3 cm³/mol. The molecule has 0 bridgehead atoms. The number of carbonyl (C=O) groups excluding carboxylic acids is 2. The molecule has 0 aliphatic rings. The van der Waals surface area contributed by atoms with Crippen LogP contribution >= 0.6 is 0 Å². The Hall–Kier alpha value is -3.87. The smallest absolute Gasteiger partial charge is 0.350 e. The summed E-state index contributed by atoms with van der Waals surface area (Å²) in [7, 11) is 0. The first-order valence-corrected chi connectivity index (χ1v) is 7.81. The van der Waals surface area contributed by atoms with Crippen molar-refractivity contribution < 1.29 is 23.6 Å². The van der Waals surface area contributed by atoms with Gasteiger partial charge in [-0.15, -0.1) is 0 Å². The first-order valence-electron chi connectivity index (χ1n) is 7.81. The molecule has 0 aliphatic carbocycles. The van der Waals surface area contributed by atoms with Gasteiger partial charge in [-0.2, -0.15) is 0 Å². The molecule has 0 saturated heterocycles. The molecule has 3 rings (SSSR count). The van der Waals surface area contributed by atoms with Crippen LogP contribution in [0, 0.1) is 15.9 Å². The average Bonchev–Trinajstić information content (AvgIpc) is 2.68. The number of ether oxygens (including phenoxy) is 1. The first-order chi connectivity index (χ1) is 13.0. The highest BCUT2D eigenvalue weighted by Crippen LogP contribution is 2.21. The van der Waals surface area contributed by atoms with Crippen LogP contribution in [-0.2, 0) is 0 Å². The number of nitro groups is 1. The van der Waals surface area contributed by atoms with Gasteiger partial charge in [-0.1, -0.05) is 12.1 Å². The minimum atomic E-state index is -0.875. The maximum absolute atomic E-state index is 12.9. The highest BCUT2D eigenvalue weighted by molar-refractivity contribution is 6.09. The molecule has 0 heterocycles. The van der Waals surface area contributed by atoms with E-state index in [0.717, 1.165) is 0 Å². The molecule has 7 heteroatoms. The van der Waals surface area contributed by atoms with Gasteiger partial charge in [0, 0.05) is 17.2 Å². The maximum atomic E-state index is 12.9. The second-order valence-corrected chi connectivity index (χ2v) is 5.52.